The van der Waals surface area contributed by atoms with Crippen LogP contribution in [-0.4, -0.2) is 33.2 Å². The maximum Gasteiger partial charge on any atom is 0.322 e. The number of nitrogens with zero attached hydrogens (tertiary/aromatic N) is 3. The van der Waals surface area contributed by atoms with Crippen LogP contribution in [0.3, 0.4) is 0 Å². The second-order valence-corrected chi connectivity index (χ2v) is 11.2. The molecule has 7 nitrogen and oxygen atoms in total. The number of hydrogen-bond acceptors (Lipinski definition) is 3. The predicted molar refractivity (Wildman–Crippen MR) is 156 cm³/mol. The zero-order valence-corrected chi connectivity index (χ0v) is 23.8. The smallest absolute Gasteiger partial charge is 0.311 e. The summed E-state index contributed by atoms with van der Waals surface area (Å²) >= 11 is 9.88. The number of hydrogen-bond donors (Lipinski definition) is 2. The Hall–Kier alpha value is -3.62. The number of carbonyl (C=O) groups is 2. The highest BCUT2D eigenvalue weighted by Gasteiger charge is 2.24. The number of benzene rings is 3. The minimum atomic E-state index is -0.392. The molecule has 0 aliphatic rings. The third kappa shape index (κ3) is 7.02. The molecular formula is C29H29BrClN5O2. The summed E-state index contributed by atoms with van der Waals surface area (Å²) in [5.41, 5.74) is 2.71. The minimum Gasteiger partial charge on any atom is -0.311 e. The van der Waals surface area contributed by atoms with Gasteiger partial charge in [0, 0.05) is 28.2 Å². The molecule has 9 heteroatoms. The van der Waals surface area contributed by atoms with E-state index in [2.05, 4.69) is 26.6 Å². The summed E-state index contributed by atoms with van der Waals surface area (Å²) in [6.45, 7) is 6.22. The maximum absolute atomic E-state index is 13.3. The molecule has 1 aromatic heterocycles. The van der Waals surface area contributed by atoms with E-state index in [-0.39, 0.29) is 24.4 Å². The molecule has 3 aromatic carbocycles. The first-order valence-corrected chi connectivity index (χ1v) is 13.3. The van der Waals surface area contributed by atoms with E-state index < -0.39 is 6.03 Å². The number of para-hydroxylation sites is 1. The average molecular weight is 595 g/mol. The van der Waals surface area contributed by atoms with Crippen LogP contribution in [0.15, 0.2) is 89.4 Å². The summed E-state index contributed by atoms with van der Waals surface area (Å²) in [5, 5.41) is 11.1. The lowest BCUT2D eigenvalue weighted by Gasteiger charge is -2.23. The fraction of sp³-hybridized carbons (Fsp3) is 0.207. The van der Waals surface area contributed by atoms with Gasteiger partial charge in [-0.3, -0.25) is 4.79 Å². The van der Waals surface area contributed by atoms with Crippen molar-refractivity contribution in [3.63, 3.8) is 0 Å². The number of anilines is 2. The fourth-order valence-corrected chi connectivity index (χ4v) is 4.39. The summed E-state index contributed by atoms with van der Waals surface area (Å²) in [5.74, 6) is 0.110. The monoisotopic (exact) mass is 593 g/mol. The van der Waals surface area contributed by atoms with Crippen molar-refractivity contribution in [3.8, 4) is 5.69 Å². The molecule has 0 aliphatic heterocycles. The Labute approximate surface area is 235 Å². The van der Waals surface area contributed by atoms with Crippen LogP contribution in [0.25, 0.3) is 5.69 Å². The number of nitrogens with one attached hydrogen (secondary N) is 2. The topological polar surface area (TPSA) is 79.3 Å². The molecule has 38 heavy (non-hydrogen) atoms. The largest absolute Gasteiger partial charge is 0.322 e. The first kappa shape index (κ1) is 27.4. The van der Waals surface area contributed by atoms with Crippen molar-refractivity contribution < 1.29 is 9.59 Å². The molecule has 0 saturated heterocycles. The molecule has 4 aromatic rings. The van der Waals surface area contributed by atoms with Gasteiger partial charge in [0.1, 0.15) is 12.4 Å². The van der Waals surface area contributed by atoms with Crippen molar-refractivity contribution in [1.29, 1.82) is 0 Å². The van der Waals surface area contributed by atoms with Crippen molar-refractivity contribution in [2.24, 2.45) is 0 Å². The molecule has 0 bridgehead atoms. The number of urea groups is 1. The molecule has 2 N–H and O–H groups in total. The predicted octanol–water partition coefficient (Wildman–Crippen LogP) is 7.26. The summed E-state index contributed by atoms with van der Waals surface area (Å²) in [4.78, 5) is 28.1. The Balaban J connectivity index is 1.59. The van der Waals surface area contributed by atoms with Crippen LogP contribution in [-0.2, 0) is 16.8 Å². The molecule has 0 saturated carbocycles. The van der Waals surface area contributed by atoms with Gasteiger partial charge in [-0.05, 0) is 35.9 Å². The molecule has 1 heterocycles. The molecule has 196 valence electrons. The Morgan fingerprint density at radius 3 is 2.34 bits per heavy atom. The Bertz CT molecular complexity index is 1430. The molecule has 0 unspecified atom stereocenters. The van der Waals surface area contributed by atoms with Crippen molar-refractivity contribution in [3.05, 3.63) is 106 Å². The molecule has 0 radical (unpaired) electrons. The van der Waals surface area contributed by atoms with E-state index in [1.807, 2.05) is 87.5 Å². The Morgan fingerprint density at radius 1 is 0.947 bits per heavy atom. The first-order chi connectivity index (χ1) is 18.1. The standard InChI is InChI=1S/C29H29BrClN5O2/c1-29(2,3)25-17-26(36(34-25)24-15-8-7-14-23(24)31)33-27(37)19-35(18-20-10-5-4-6-11-20)28(38)32-22-13-9-12-21(30)16-22/h4-17H,18-19H2,1-3H3,(H,32,38)(H,33,37). The van der Waals surface area contributed by atoms with E-state index >= 15 is 0 Å². The number of aromatic nitrogens is 2. The minimum absolute atomic E-state index is 0.173. The molecule has 0 fully saturated rings. The highest BCUT2D eigenvalue weighted by atomic mass is 79.9. The summed E-state index contributed by atoms with van der Waals surface area (Å²) in [6.07, 6.45) is 0. The van der Waals surface area contributed by atoms with Crippen LogP contribution in [0.5, 0.6) is 0 Å². The van der Waals surface area contributed by atoms with Gasteiger partial charge in [-0.25, -0.2) is 9.48 Å². The van der Waals surface area contributed by atoms with E-state index in [0.717, 1.165) is 15.7 Å². The molecule has 0 atom stereocenters. The van der Waals surface area contributed by atoms with Gasteiger partial charge in [0.15, 0.2) is 0 Å². The Morgan fingerprint density at radius 2 is 1.66 bits per heavy atom. The Kier molecular flexibility index (Phi) is 8.54. The molecule has 0 spiro atoms. The van der Waals surface area contributed by atoms with E-state index in [1.165, 1.54) is 4.90 Å². The highest BCUT2D eigenvalue weighted by molar-refractivity contribution is 9.10. The first-order valence-electron chi connectivity index (χ1n) is 12.1. The molecular weight excluding hydrogens is 566 g/mol. The van der Waals surface area contributed by atoms with E-state index in [1.54, 1.807) is 22.9 Å². The number of halogens is 2. The van der Waals surface area contributed by atoms with Crippen LogP contribution in [0.2, 0.25) is 5.02 Å². The van der Waals surface area contributed by atoms with Gasteiger partial charge in [-0.1, -0.05) is 96.8 Å². The lowest BCUT2D eigenvalue weighted by molar-refractivity contribution is -0.116. The lowest BCUT2D eigenvalue weighted by Crippen LogP contribution is -2.40. The lowest BCUT2D eigenvalue weighted by atomic mass is 9.92. The van der Waals surface area contributed by atoms with Crippen LogP contribution in [0, 0.1) is 0 Å². The SMILES string of the molecule is CC(C)(C)c1cc(NC(=O)CN(Cc2ccccc2)C(=O)Nc2cccc(Br)c2)n(-c2ccccc2Cl)n1. The highest BCUT2D eigenvalue weighted by Crippen LogP contribution is 2.29. The van der Waals surface area contributed by atoms with Crippen LogP contribution >= 0.6 is 27.5 Å². The molecule has 3 amide bonds. The van der Waals surface area contributed by atoms with E-state index in [0.29, 0.717) is 22.2 Å². The van der Waals surface area contributed by atoms with Crippen molar-refractivity contribution in [2.75, 3.05) is 17.2 Å². The van der Waals surface area contributed by atoms with Crippen molar-refractivity contribution >= 4 is 51.0 Å². The summed E-state index contributed by atoms with van der Waals surface area (Å²) in [7, 11) is 0. The van der Waals surface area contributed by atoms with Gasteiger partial charge in [0.2, 0.25) is 5.91 Å². The van der Waals surface area contributed by atoms with Gasteiger partial charge >= 0.3 is 6.03 Å². The van der Waals surface area contributed by atoms with Crippen LogP contribution in [0.4, 0.5) is 16.3 Å². The normalized spacial score (nSPS) is 11.2. The van der Waals surface area contributed by atoms with E-state index in [4.69, 9.17) is 16.7 Å². The molecule has 0 aliphatic carbocycles. The number of rotatable bonds is 7. The van der Waals surface area contributed by atoms with Gasteiger partial charge in [0.25, 0.3) is 0 Å². The number of amides is 3. The fourth-order valence-electron chi connectivity index (χ4n) is 3.77. The zero-order chi connectivity index (χ0) is 27.3. The maximum atomic E-state index is 13.3. The van der Waals surface area contributed by atoms with Gasteiger partial charge in [-0.2, -0.15) is 5.10 Å². The third-order valence-electron chi connectivity index (χ3n) is 5.74. The quantitative estimate of drug-likeness (QED) is 0.236. The van der Waals surface area contributed by atoms with Gasteiger partial charge < -0.3 is 15.5 Å². The second kappa shape index (κ2) is 11.8. The third-order valence-corrected chi connectivity index (χ3v) is 6.55. The zero-order valence-electron chi connectivity index (χ0n) is 21.4. The van der Waals surface area contributed by atoms with E-state index in [9.17, 15) is 9.59 Å². The van der Waals surface area contributed by atoms with Crippen molar-refractivity contribution in [1.82, 2.24) is 14.7 Å². The van der Waals surface area contributed by atoms with Crippen LogP contribution in [0.1, 0.15) is 32.0 Å². The van der Waals surface area contributed by atoms with Gasteiger partial charge in [-0.15, -0.1) is 0 Å². The molecule has 4 rings (SSSR count). The number of carbonyl (C=O) groups excluding carboxylic acids is 2. The van der Waals surface area contributed by atoms with Gasteiger partial charge in [0.05, 0.1) is 16.4 Å². The summed E-state index contributed by atoms with van der Waals surface area (Å²) in [6, 6.07) is 25.6. The summed E-state index contributed by atoms with van der Waals surface area (Å²) < 4.78 is 2.47. The van der Waals surface area contributed by atoms with Crippen molar-refractivity contribution in [2.45, 2.75) is 32.7 Å². The average Bonchev–Trinajstić information content (AvgIpc) is 3.28. The second-order valence-electron chi connectivity index (χ2n) is 9.86. The van der Waals surface area contributed by atoms with Crippen LogP contribution < -0.4 is 10.6 Å².